The zero-order valence-electron chi connectivity index (χ0n) is 79.6. The Morgan fingerprint density at radius 3 is 1.66 bits per heavy atom. The molecule has 16 atom stereocenters. The molecule has 28 heteroatoms. The predicted octanol–water partition coefficient (Wildman–Crippen LogP) is 10.7. The molecule has 720 valence electrons. The number of piperidine rings is 2. The Bertz CT molecular complexity index is 5200. The highest BCUT2D eigenvalue weighted by Crippen LogP contribution is 2.42. The first-order chi connectivity index (χ1) is 63.9. The highest BCUT2D eigenvalue weighted by atomic mass is 32.2. The van der Waals surface area contributed by atoms with E-state index in [0.29, 0.717) is 91.6 Å². The van der Waals surface area contributed by atoms with E-state index >= 15 is 0 Å². The Morgan fingerprint density at radius 2 is 1.07 bits per heavy atom. The number of aromatic hydroxyl groups is 1. The number of hydrogen-bond donors (Lipinski definition) is 13. The third-order valence-electron chi connectivity index (χ3n) is 26.6. The molecule has 134 heavy (non-hydrogen) atoms. The maximum Gasteiger partial charge on any atom is 0.270 e. The zero-order valence-corrected chi connectivity index (χ0v) is 80.4. The largest absolute Gasteiger partial charge is 0.508 e. The molecule has 14 rings (SSSR count). The Kier molecular flexibility index (Phi) is 36.5. The minimum Gasteiger partial charge on any atom is -0.508 e. The monoisotopic (exact) mass is 1850 g/mol. The summed E-state index contributed by atoms with van der Waals surface area (Å²) >= 11 is 1.57. The number of carbonyl (C=O) groups is 8. The average molecular weight is 1850 g/mol. The van der Waals surface area contributed by atoms with E-state index in [0.717, 1.165) is 96.1 Å². The highest BCUT2D eigenvalue weighted by molar-refractivity contribution is 7.99. The molecule has 3 aliphatic carbocycles. The van der Waals surface area contributed by atoms with E-state index < -0.39 is 102 Å². The number of fused-ring (bicyclic) bond motifs is 4. The van der Waals surface area contributed by atoms with E-state index in [4.69, 9.17) is 5.73 Å². The molecule has 6 aliphatic rings. The van der Waals surface area contributed by atoms with Gasteiger partial charge in [-0.2, -0.15) is 0 Å². The topological polar surface area (TPSA) is 387 Å². The van der Waals surface area contributed by atoms with Crippen molar-refractivity contribution in [2.24, 2.45) is 35.3 Å². The predicted molar refractivity (Wildman–Crippen MR) is 523 cm³/mol. The molecule has 3 aliphatic heterocycles. The normalized spacial score (nSPS) is 22.1. The number of phenolic OH excluding ortho intramolecular Hbond substituents is 1. The van der Waals surface area contributed by atoms with Crippen LogP contribution in [0.2, 0.25) is 0 Å². The van der Waals surface area contributed by atoms with Crippen molar-refractivity contribution >= 4 is 69.9 Å². The summed E-state index contributed by atoms with van der Waals surface area (Å²) in [4.78, 5) is 125. The number of benzene rings is 6. The van der Waals surface area contributed by atoms with Crippen LogP contribution in [-0.2, 0) is 54.6 Å². The minimum absolute atomic E-state index is 0.0124. The number of piperazine rings is 1. The van der Waals surface area contributed by atoms with Crippen LogP contribution >= 0.6 is 11.8 Å². The van der Waals surface area contributed by atoms with Crippen molar-refractivity contribution in [1.29, 1.82) is 0 Å². The van der Waals surface area contributed by atoms with Crippen molar-refractivity contribution in [3.05, 3.63) is 239 Å². The molecule has 14 N–H and O–H groups in total. The molecule has 8 aromatic rings. The summed E-state index contributed by atoms with van der Waals surface area (Å²) in [7, 11) is 0. The number of carbonyl (C=O) groups excluding carboxylic acids is 8. The van der Waals surface area contributed by atoms with Gasteiger partial charge in [0.1, 0.15) is 23.5 Å². The summed E-state index contributed by atoms with van der Waals surface area (Å²) in [6.45, 7) is 24.2. The number of phenols is 1. The van der Waals surface area contributed by atoms with Gasteiger partial charge in [0.25, 0.3) is 11.8 Å². The van der Waals surface area contributed by atoms with E-state index in [-0.39, 0.29) is 78.5 Å². The fourth-order valence-corrected chi connectivity index (χ4v) is 20.9. The minimum atomic E-state index is -1.30. The lowest BCUT2D eigenvalue weighted by Crippen LogP contribution is -2.61. The molecule has 5 heterocycles. The lowest BCUT2D eigenvalue weighted by atomic mass is 9.72. The number of nitrogens with two attached hydrogens (primary N) is 1. The number of likely N-dealkylation sites (tertiary alicyclic amines) is 2. The molecule has 0 unspecified atom stereocenters. The van der Waals surface area contributed by atoms with Gasteiger partial charge in [0.2, 0.25) is 35.4 Å². The van der Waals surface area contributed by atoms with Gasteiger partial charge in [-0.05, 0) is 208 Å². The first-order valence-corrected chi connectivity index (χ1v) is 48.9. The molecule has 6 aromatic carbocycles. The lowest BCUT2D eigenvalue weighted by molar-refractivity contribution is -0.133. The number of para-hydroxylation sites is 1. The van der Waals surface area contributed by atoms with Gasteiger partial charge in [0.05, 0.1) is 66.6 Å². The van der Waals surface area contributed by atoms with Crippen molar-refractivity contribution in [2.45, 2.75) is 260 Å². The van der Waals surface area contributed by atoms with Crippen LogP contribution in [0.1, 0.15) is 200 Å². The van der Waals surface area contributed by atoms with Gasteiger partial charge in [0, 0.05) is 127 Å². The number of rotatable bonds is 32. The molecule has 3 saturated heterocycles. The van der Waals surface area contributed by atoms with E-state index in [1.54, 1.807) is 61.3 Å². The van der Waals surface area contributed by atoms with Crippen LogP contribution in [0.15, 0.2) is 199 Å². The second-order valence-electron chi connectivity index (χ2n) is 40.8. The number of nitrogens with one attached hydrogen (secondary N) is 7. The van der Waals surface area contributed by atoms with Gasteiger partial charge in [-0.15, -0.1) is 11.8 Å². The Hall–Kier alpha value is -10.5. The number of aliphatic hydroxyl groups is 4. The Morgan fingerprint density at radius 1 is 0.530 bits per heavy atom. The van der Waals surface area contributed by atoms with Gasteiger partial charge in [-0.3, -0.25) is 62.9 Å². The summed E-state index contributed by atoms with van der Waals surface area (Å²) in [5, 5.41) is 77.9. The molecule has 5 fully saturated rings. The molecule has 27 nitrogen and oxygen atoms in total. The van der Waals surface area contributed by atoms with E-state index in [2.05, 4.69) is 66.8 Å². The molecule has 0 spiro atoms. The molecule has 8 amide bonds. The summed E-state index contributed by atoms with van der Waals surface area (Å²) in [5.41, 5.74) is 10.9. The second-order valence-corrected chi connectivity index (χ2v) is 41.8. The lowest BCUT2D eigenvalue weighted by Gasteiger charge is -2.47. The number of hydrogen-bond acceptors (Lipinski definition) is 20. The van der Waals surface area contributed by atoms with Crippen LogP contribution < -0.4 is 43.0 Å². The number of primary amides is 1. The highest BCUT2D eigenvalue weighted by Gasteiger charge is 2.46. The molecule has 2 aromatic heterocycles. The van der Waals surface area contributed by atoms with Crippen LogP contribution in [0.5, 0.6) is 5.75 Å². The van der Waals surface area contributed by atoms with Crippen molar-refractivity contribution in [3.63, 3.8) is 0 Å². The van der Waals surface area contributed by atoms with Crippen LogP contribution in [0.25, 0.3) is 10.9 Å². The second kappa shape index (κ2) is 47.8. The number of β-amino-alcohol motifs (C(OH)–C–C–N with tert-alkyl or cyclic N) is 3. The van der Waals surface area contributed by atoms with Crippen molar-refractivity contribution in [3.8, 4) is 5.75 Å². The smallest absolute Gasteiger partial charge is 0.270 e. The maximum atomic E-state index is 13.8. The third kappa shape index (κ3) is 30.2. The van der Waals surface area contributed by atoms with Crippen LogP contribution in [-0.4, -0.2) is 238 Å². The zero-order chi connectivity index (χ0) is 96.0. The summed E-state index contributed by atoms with van der Waals surface area (Å²) in [6, 6.07) is 52.2. The van der Waals surface area contributed by atoms with Crippen LogP contribution in [0.4, 0.5) is 0 Å². The SMILES string of the molecule is CC(C)(C)NC(=O)[C@@H]1CN(Cc2cccnc2)CCN1C[C@@H](O)C[C@@H](Cc1ccccc1)C(=O)N[C@H]1c2ccccc2C[C@H]1O.CC(C)(C)NC(=O)[C@@H]1C[C@@H]2CCCC[C@@H]2CN1C[C@@H](O)[C@H](Cc1ccccc1)NC(=O)[C@H](CC(N)=O)NC(=O)c1ccc2ccccc2n1.Cc1c(O)cccc1C(=O)N[C@@H](CSc1ccccc1)[C@H](O)CN1C[C@H]2CCCC[C@H]2C[C@H]1C(=O)NC(C)(C)C. The van der Waals surface area contributed by atoms with Crippen LogP contribution in [0.3, 0.4) is 0 Å². The Labute approximate surface area is 794 Å². The number of nitrogens with zero attached hydrogens (tertiary/aromatic N) is 6. The van der Waals surface area contributed by atoms with Crippen LogP contribution in [0, 0.1) is 36.5 Å². The maximum absolute atomic E-state index is 13.8. The molecular formula is C106H142N14O13S. The summed E-state index contributed by atoms with van der Waals surface area (Å²) < 4.78 is 0. The van der Waals surface area contributed by atoms with Gasteiger partial charge in [0.15, 0.2) is 0 Å². The fourth-order valence-electron chi connectivity index (χ4n) is 19.9. The quantitative estimate of drug-likeness (QED) is 0.0174. The molecular weight excluding hydrogens is 1710 g/mol. The van der Waals surface area contributed by atoms with Gasteiger partial charge in [-0.1, -0.05) is 178 Å². The molecule has 0 bridgehead atoms. The van der Waals surface area contributed by atoms with Crippen molar-refractivity contribution < 1.29 is 63.9 Å². The number of pyridine rings is 2. The standard InChI is InChI=1S/C38H50N6O5.C36H47N5O4.C32H45N3O4S/c1-38(2,3)43-37(49)32-20-26-14-7-8-15-27(26)22-44(32)23-33(45)30(19-24-11-5-4-6-12-24)41-36(48)31(21-34(39)46)42-35(47)29-18-17-25-13-9-10-16-28(25)40-29;1-36(2,3)39-35(45)31-24-40(22-26-12-9-15-37-21-26)16-17-41(31)23-29(42)19-28(18-25-10-5-4-6-11-25)34(44)38-33-30-14-8-7-13-27(30)20-32(33)43;1-21-25(15-10-16-28(21)36)30(38)33-26(20-40-24-13-6-5-7-14-24)29(37)19-35-18-23-12-9-8-11-22(23)17-27(35)31(39)34-32(2,3)4/h4-6,9-13,16-18,26-27,30-33,45H,7-8,14-15,19-23H2,1-3H3,(H2,39,46)(H,41,48)(H,42,47)(H,43,49);4-15,21,28-29,31-33,42-43H,16-20,22-24H2,1-3H3,(H,38,44)(H,39,45);5-7,10,13-16,22-23,26-27,29,36-37H,8-9,11-12,17-20H2,1-4H3,(H,33,38)(H,34,39)/t26-,27+,30-,31-,32-,33+;28-,29+,31+,32-,33+;22-,23+,26-,27-,29+/m010/s1. The summed E-state index contributed by atoms with van der Waals surface area (Å²) in [5.74, 6) is -0.705. The van der Waals surface area contributed by atoms with Gasteiger partial charge < -0.3 is 68.5 Å². The van der Waals surface area contributed by atoms with Crippen molar-refractivity contribution in [2.75, 3.05) is 58.1 Å². The van der Waals surface area contributed by atoms with Gasteiger partial charge >= 0.3 is 0 Å². The average Bonchev–Trinajstić information content (AvgIpc) is 1.65. The number of aliphatic hydroxyl groups excluding tert-OH is 4. The van der Waals surface area contributed by atoms with E-state index in [9.17, 15) is 63.9 Å². The summed E-state index contributed by atoms with van der Waals surface area (Å²) in [6.07, 6.45) is 12.0. The third-order valence-corrected chi connectivity index (χ3v) is 27.7. The van der Waals surface area contributed by atoms with Gasteiger partial charge in [-0.25, -0.2) is 4.98 Å². The number of amides is 8. The molecule has 2 saturated carbocycles. The fraction of sp³-hybridized carbons (Fsp3) is 0.509. The van der Waals surface area contributed by atoms with E-state index in [1.807, 2.05) is 214 Å². The number of aromatic nitrogens is 2. The van der Waals surface area contributed by atoms with Crippen molar-refractivity contribution in [1.82, 2.24) is 66.8 Å². The van der Waals surface area contributed by atoms with E-state index in [1.165, 1.54) is 19.3 Å². The molecule has 0 radical (unpaired) electrons. The number of thioether (sulfide) groups is 1. The Balaban J connectivity index is 0.000000182. The first kappa shape index (κ1) is 102. The first-order valence-electron chi connectivity index (χ1n) is 47.9.